The smallest absolute Gasteiger partial charge is 0.0621 e. The largest absolute Gasteiger partial charge is 0.309 e. The molecular formula is C50H39NS. The van der Waals surface area contributed by atoms with Crippen LogP contribution in [0.2, 0.25) is 0 Å². The summed E-state index contributed by atoms with van der Waals surface area (Å²) in [6.07, 6.45) is 13.6. The Morgan fingerprint density at radius 3 is 2.27 bits per heavy atom. The molecule has 0 saturated carbocycles. The van der Waals surface area contributed by atoms with Gasteiger partial charge in [0.2, 0.25) is 0 Å². The predicted molar refractivity (Wildman–Crippen MR) is 223 cm³/mol. The molecule has 1 atom stereocenters. The normalized spacial score (nSPS) is 16.0. The number of benzene rings is 6. The van der Waals surface area contributed by atoms with Crippen molar-refractivity contribution >= 4 is 48.5 Å². The lowest BCUT2D eigenvalue weighted by molar-refractivity contribution is 0.619. The number of aryl methyl sites for hydroxylation is 1. The van der Waals surface area contributed by atoms with E-state index in [4.69, 9.17) is 6.42 Å². The zero-order chi connectivity index (χ0) is 35.1. The van der Waals surface area contributed by atoms with Crippen molar-refractivity contribution in [3.63, 3.8) is 0 Å². The maximum atomic E-state index is 6.11. The molecule has 1 nitrogen and oxygen atoms in total. The van der Waals surface area contributed by atoms with Gasteiger partial charge in [-0.05, 0) is 131 Å². The molecule has 2 aliphatic carbocycles. The quantitative estimate of drug-likeness (QED) is 0.163. The van der Waals surface area contributed by atoms with E-state index in [0.29, 0.717) is 5.92 Å². The molecule has 10 rings (SSSR count). The molecule has 0 N–H and O–H groups in total. The van der Waals surface area contributed by atoms with Gasteiger partial charge in [-0.2, -0.15) is 0 Å². The fourth-order valence-corrected chi connectivity index (χ4v) is 10.5. The highest BCUT2D eigenvalue weighted by molar-refractivity contribution is 7.25. The number of aromatic nitrogens is 1. The molecule has 2 aliphatic rings. The second kappa shape index (κ2) is 11.7. The Hall–Kier alpha value is -5.62. The van der Waals surface area contributed by atoms with Crippen LogP contribution in [-0.2, 0) is 18.3 Å². The molecule has 0 bridgehead atoms. The number of thiophene rings is 1. The van der Waals surface area contributed by atoms with Crippen LogP contribution < -0.4 is 0 Å². The number of fused-ring (bicyclic) bond motifs is 10. The number of para-hydroxylation sites is 1. The van der Waals surface area contributed by atoms with Crippen LogP contribution in [0.15, 0.2) is 127 Å². The van der Waals surface area contributed by atoms with E-state index < -0.39 is 0 Å². The summed E-state index contributed by atoms with van der Waals surface area (Å²) >= 11 is 1.93. The van der Waals surface area contributed by atoms with Gasteiger partial charge in [0.1, 0.15) is 0 Å². The summed E-state index contributed by atoms with van der Waals surface area (Å²) < 4.78 is 5.08. The Morgan fingerprint density at radius 2 is 1.44 bits per heavy atom. The van der Waals surface area contributed by atoms with Crippen molar-refractivity contribution < 1.29 is 0 Å². The van der Waals surface area contributed by atoms with Crippen molar-refractivity contribution in [2.45, 2.75) is 51.4 Å². The van der Waals surface area contributed by atoms with Gasteiger partial charge in [0.25, 0.3) is 0 Å². The number of nitrogens with zero attached hydrogens (tertiary/aromatic N) is 1. The van der Waals surface area contributed by atoms with Crippen LogP contribution in [0.3, 0.4) is 0 Å². The minimum atomic E-state index is -0.141. The van der Waals surface area contributed by atoms with E-state index in [1.165, 1.54) is 70.2 Å². The van der Waals surface area contributed by atoms with E-state index in [1.54, 1.807) is 0 Å². The molecule has 2 heteroatoms. The van der Waals surface area contributed by atoms with E-state index in [2.05, 4.69) is 165 Å². The summed E-state index contributed by atoms with van der Waals surface area (Å²) in [4.78, 5) is 0. The molecule has 2 aromatic heterocycles. The molecule has 52 heavy (non-hydrogen) atoms. The maximum Gasteiger partial charge on any atom is 0.0621 e. The Labute approximate surface area is 309 Å². The zero-order valence-corrected chi connectivity index (χ0v) is 30.6. The average Bonchev–Trinajstić information content (AvgIpc) is 3.76. The van der Waals surface area contributed by atoms with Crippen LogP contribution in [0.1, 0.15) is 72.2 Å². The molecule has 1 unspecified atom stereocenters. The van der Waals surface area contributed by atoms with E-state index >= 15 is 0 Å². The molecule has 6 aromatic carbocycles. The van der Waals surface area contributed by atoms with Crippen molar-refractivity contribution in [3.8, 4) is 40.3 Å². The van der Waals surface area contributed by atoms with Crippen molar-refractivity contribution in [3.05, 3.63) is 166 Å². The second-order valence-electron chi connectivity index (χ2n) is 15.1. The fraction of sp³-hybridized carbons (Fsp3) is 0.160. The molecule has 0 spiro atoms. The van der Waals surface area contributed by atoms with Gasteiger partial charge in [-0.15, -0.1) is 17.8 Å². The third kappa shape index (κ3) is 4.56. The number of hydrogen-bond acceptors (Lipinski definition) is 1. The Bertz CT molecular complexity index is 2830. The first-order valence-corrected chi connectivity index (χ1v) is 19.3. The van der Waals surface area contributed by atoms with Crippen LogP contribution in [0.4, 0.5) is 0 Å². The lowest BCUT2D eigenvalue weighted by Gasteiger charge is -2.24. The van der Waals surface area contributed by atoms with Gasteiger partial charge < -0.3 is 4.57 Å². The Morgan fingerprint density at radius 1 is 0.712 bits per heavy atom. The minimum Gasteiger partial charge on any atom is -0.309 e. The second-order valence-corrected chi connectivity index (χ2v) is 16.2. The summed E-state index contributed by atoms with van der Waals surface area (Å²) in [7, 11) is 0. The summed E-state index contributed by atoms with van der Waals surface area (Å²) in [5, 5.41) is 3.87. The first-order chi connectivity index (χ1) is 25.4. The first kappa shape index (κ1) is 31.1. The first-order valence-electron chi connectivity index (χ1n) is 18.5. The molecular weight excluding hydrogens is 647 g/mol. The molecule has 2 heterocycles. The Balaban J connectivity index is 1.09. The van der Waals surface area contributed by atoms with Crippen LogP contribution in [0, 0.1) is 12.3 Å². The molecule has 0 radical (unpaired) electrons. The summed E-state index contributed by atoms with van der Waals surface area (Å²) in [6.45, 7) is 6.83. The lowest BCUT2D eigenvalue weighted by Crippen LogP contribution is -2.15. The van der Waals surface area contributed by atoms with Crippen molar-refractivity contribution in [1.82, 2.24) is 4.57 Å². The van der Waals surface area contributed by atoms with Gasteiger partial charge in [0, 0.05) is 36.7 Å². The predicted octanol–water partition coefficient (Wildman–Crippen LogP) is 13.3. The third-order valence-corrected chi connectivity index (χ3v) is 13.1. The van der Waals surface area contributed by atoms with Gasteiger partial charge in [-0.25, -0.2) is 0 Å². The molecule has 8 aromatic rings. The van der Waals surface area contributed by atoms with Gasteiger partial charge in [-0.3, -0.25) is 0 Å². The van der Waals surface area contributed by atoms with E-state index in [0.717, 1.165) is 47.1 Å². The van der Waals surface area contributed by atoms with Crippen LogP contribution in [-0.4, -0.2) is 4.57 Å². The van der Waals surface area contributed by atoms with E-state index in [9.17, 15) is 0 Å². The van der Waals surface area contributed by atoms with Crippen LogP contribution in [0.25, 0.3) is 65.1 Å². The van der Waals surface area contributed by atoms with E-state index in [-0.39, 0.29) is 5.41 Å². The Kier molecular flexibility index (Phi) is 7.01. The summed E-state index contributed by atoms with van der Waals surface area (Å²) in [5.41, 5.74) is 16.8. The highest BCUT2D eigenvalue weighted by Crippen LogP contribution is 2.52. The molecule has 250 valence electrons. The summed E-state index contributed by atoms with van der Waals surface area (Å²) in [5.74, 6) is 3.46. The topological polar surface area (TPSA) is 4.93 Å². The number of hydrogen-bond donors (Lipinski definition) is 0. The fourth-order valence-electron chi connectivity index (χ4n) is 9.35. The van der Waals surface area contributed by atoms with E-state index in [1.807, 2.05) is 11.3 Å². The standard InChI is InChI=1S/C50H39NS/c1-5-13-46-36(6-2)40-18-11-12-19-47(40)51(46)35-23-24-39-41-29-43-42-27-33(22-25-48(42)52-49(43)30-45(41)50(3,4)44(39)28-35)32-21-20-31-14-7-9-16-37(31)38-17-10-8-15-34(38)26-32/h2,5,7-19,22-25,27-30,32H,20-21,26H2,1,3-4H3/b13-5-. The molecule has 0 fully saturated rings. The lowest BCUT2D eigenvalue weighted by atomic mass is 9.80. The average molecular weight is 686 g/mol. The van der Waals surface area contributed by atoms with Crippen molar-refractivity contribution in [2.75, 3.05) is 0 Å². The summed E-state index contributed by atoms with van der Waals surface area (Å²) in [6, 6.07) is 45.9. The zero-order valence-electron chi connectivity index (χ0n) is 29.8. The SMILES string of the molecule is C#Cc1c(/C=C\C)n(-c2ccc3c(c2)C(C)(C)c2cc4sc5ccc(C6CCc7ccccc7-c7ccccc7C6)cc5c4cc2-3)c2ccccc12. The highest BCUT2D eigenvalue weighted by Gasteiger charge is 2.37. The number of rotatable bonds is 3. The molecule has 0 aliphatic heterocycles. The third-order valence-electron chi connectivity index (χ3n) is 11.9. The highest BCUT2D eigenvalue weighted by atomic mass is 32.1. The number of terminal acetylenes is 1. The van der Waals surface area contributed by atoms with Gasteiger partial charge in [0.05, 0.1) is 16.8 Å². The molecule has 0 saturated heterocycles. The maximum absolute atomic E-state index is 6.11. The van der Waals surface area contributed by atoms with Gasteiger partial charge in [-0.1, -0.05) is 105 Å². The van der Waals surface area contributed by atoms with Gasteiger partial charge in [0.15, 0.2) is 0 Å². The monoisotopic (exact) mass is 685 g/mol. The van der Waals surface area contributed by atoms with Crippen LogP contribution >= 0.6 is 11.3 Å². The minimum absolute atomic E-state index is 0.141. The number of allylic oxidation sites excluding steroid dienone is 1. The van der Waals surface area contributed by atoms with Crippen molar-refractivity contribution in [1.29, 1.82) is 0 Å². The van der Waals surface area contributed by atoms with Crippen LogP contribution in [0.5, 0.6) is 0 Å². The van der Waals surface area contributed by atoms with Gasteiger partial charge >= 0.3 is 0 Å². The van der Waals surface area contributed by atoms with Crippen molar-refractivity contribution in [2.24, 2.45) is 0 Å². The molecule has 0 amide bonds.